The molecule has 16 heavy (non-hydrogen) atoms. The lowest BCUT2D eigenvalue weighted by Crippen LogP contribution is -2.24. The quantitative estimate of drug-likeness (QED) is 0.799. The maximum absolute atomic E-state index is 11.9. The van der Waals surface area contributed by atoms with Crippen molar-refractivity contribution < 1.29 is 4.79 Å². The Hall–Kier alpha value is -1.58. The van der Waals surface area contributed by atoms with Crippen LogP contribution in [0, 0.1) is 11.8 Å². The van der Waals surface area contributed by atoms with Crippen molar-refractivity contribution in [2.45, 2.75) is 26.2 Å². The van der Waals surface area contributed by atoms with Crippen molar-refractivity contribution in [1.29, 1.82) is 0 Å². The third-order valence-electron chi connectivity index (χ3n) is 3.24. The van der Waals surface area contributed by atoms with Gasteiger partial charge in [-0.25, -0.2) is 4.98 Å². The van der Waals surface area contributed by atoms with E-state index in [4.69, 9.17) is 5.73 Å². The highest BCUT2D eigenvalue weighted by Gasteiger charge is 2.29. The van der Waals surface area contributed by atoms with Crippen LogP contribution < -0.4 is 11.1 Å². The second-order valence-corrected chi connectivity index (χ2v) is 4.48. The van der Waals surface area contributed by atoms with Gasteiger partial charge in [-0.2, -0.15) is 0 Å². The van der Waals surface area contributed by atoms with Crippen LogP contribution in [0.3, 0.4) is 0 Å². The molecule has 0 aliphatic heterocycles. The minimum absolute atomic E-state index is 0.0854. The maximum Gasteiger partial charge on any atom is 0.228 e. The Labute approximate surface area is 95.3 Å². The van der Waals surface area contributed by atoms with Crippen LogP contribution in [-0.4, -0.2) is 10.9 Å². The van der Waals surface area contributed by atoms with Gasteiger partial charge in [-0.1, -0.05) is 13.3 Å². The van der Waals surface area contributed by atoms with Crippen LogP contribution in [0.4, 0.5) is 11.5 Å². The van der Waals surface area contributed by atoms with Gasteiger partial charge in [-0.3, -0.25) is 4.79 Å². The number of carbonyl (C=O) groups excluding carboxylic acids is 1. The largest absolute Gasteiger partial charge is 0.397 e. The van der Waals surface area contributed by atoms with Gasteiger partial charge in [0.15, 0.2) is 0 Å². The molecule has 0 bridgehead atoms. The summed E-state index contributed by atoms with van der Waals surface area (Å²) in [6, 6.07) is 3.47. The van der Waals surface area contributed by atoms with Crippen molar-refractivity contribution in [2.75, 3.05) is 11.1 Å². The summed E-state index contributed by atoms with van der Waals surface area (Å²) < 4.78 is 0. The van der Waals surface area contributed by atoms with Gasteiger partial charge < -0.3 is 11.1 Å². The van der Waals surface area contributed by atoms with E-state index >= 15 is 0 Å². The number of anilines is 2. The normalized spacial score (nSPS) is 24.3. The lowest BCUT2D eigenvalue weighted by Gasteiger charge is -2.14. The molecule has 3 N–H and O–H groups in total. The van der Waals surface area contributed by atoms with E-state index in [9.17, 15) is 4.79 Å². The highest BCUT2D eigenvalue weighted by Crippen LogP contribution is 2.31. The second-order valence-electron chi connectivity index (χ2n) is 4.48. The zero-order chi connectivity index (χ0) is 11.5. The number of nitrogen functional groups attached to an aromatic ring is 1. The summed E-state index contributed by atoms with van der Waals surface area (Å²) in [5.41, 5.74) is 6.13. The number of nitrogens with one attached hydrogen (secondary N) is 1. The van der Waals surface area contributed by atoms with E-state index in [0.717, 1.165) is 19.3 Å². The molecule has 1 aliphatic carbocycles. The molecule has 1 fully saturated rings. The Morgan fingerprint density at radius 1 is 1.50 bits per heavy atom. The number of hydrogen-bond donors (Lipinski definition) is 2. The molecule has 1 saturated carbocycles. The fourth-order valence-corrected chi connectivity index (χ4v) is 2.23. The summed E-state index contributed by atoms with van der Waals surface area (Å²) in [6.07, 6.45) is 4.83. The Morgan fingerprint density at radius 3 is 2.88 bits per heavy atom. The lowest BCUT2D eigenvalue weighted by molar-refractivity contribution is -0.120. The van der Waals surface area contributed by atoms with Crippen molar-refractivity contribution >= 4 is 17.4 Å². The highest BCUT2D eigenvalue weighted by atomic mass is 16.2. The average Bonchev–Trinajstić information content (AvgIpc) is 2.68. The van der Waals surface area contributed by atoms with Gasteiger partial charge in [-0.05, 0) is 30.9 Å². The fourth-order valence-electron chi connectivity index (χ4n) is 2.23. The van der Waals surface area contributed by atoms with Crippen LogP contribution in [0.1, 0.15) is 26.2 Å². The van der Waals surface area contributed by atoms with E-state index in [1.165, 1.54) is 0 Å². The van der Waals surface area contributed by atoms with Gasteiger partial charge in [-0.15, -0.1) is 0 Å². The Balaban J connectivity index is 1.99. The summed E-state index contributed by atoms with van der Waals surface area (Å²) in [6.45, 7) is 2.13. The van der Waals surface area contributed by atoms with E-state index in [1.54, 1.807) is 18.3 Å². The summed E-state index contributed by atoms with van der Waals surface area (Å²) in [5.74, 6) is 1.29. The Kier molecular flexibility index (Phi) is 3.08. The number of carbonyl (C=O) groups is 1. The van der Waals surface area contributed by atoms with Crippen LogP contribution in [0.15, 0.2) is 18.3 Å². The van der Waals surface area contributed by atoms with Gasteiger partial charge in [0.05, 0.1) is 11.9 Å². The molecule has 0 aromatic carbocycles. The van der Waals surface area contributed by atoms with Gasteiger partial charge in [0, 0.05) is 5.92 Å². The molecular weight excluding hydrogens is 202 g/mol. The third kappa shape index (κ3) is 2.32. The Morgan fingerprint density at radius 2 is 2.31 bits per heavy atom. The zero-order valence-corrected chi connectivity index (χ0v) is 9.44. The number of rotatable bonds is 2. The number of nitrogens with two attached hydrogens (primary N) is 1. The molecule has 4 heteroatoms. The molecule has 1 aromatic rings. The third-order valence-corrected chi connectivity index (χ3v) is 3.24. The molecule has 4 nitrogen and oxygen atoms in total. The summed E-state index contributed by atoms with van der Waals surface area (Å²) in [7, 11) is 0. The van der Waals surface area contributed by atoms with Crippen LogP contribution >= 0.6 is 0 Å². The first kappa shape index (κ1) is 10.9. The number of hydrogen-bond acceptors (Lipinski definition) is 3. The van der Waals surface area contributed by atoms with Crippen molar-refractivity contribution in [2.24, 2.45) is 11.8 Å². The van der Waals surface area contributed by atoms with E-state index in [2.05, 4.69) is 17.2 Å². The molecule has 1 amide bonds. The van der Waals surface area contributed by atoms with E-state index in [1.807, 2.05) is 0 Å². The van der Waals surface area contributed by atoms with Gasteiger partial charge >= 0.3 is 0 Å². The van der Waals surface area contributed by atoms with Crippen LogP contribution in [0.5, 0.6) is 0 Å². The highest BCUT2D eigenvalue weighted by molar-refractivity contribution is 5.92. The molecule has 86 valence electrons. The molecule has 0 radical (unpaired) electrons. The number of nitrogens with zero attached hydrogens (tertiary/aromatic N) is 1. The van der Waals surface area contributed by atoms with Crippen LogP contribution in [0.2, 0.25) is 0 Å². The summed E-state index contributed by atoms with van der Waals surface area (Å²) in [4.78, 5) is 16.0. The predicted octanol–water partition coefficient (Wildman–Crippen LogP) is 2.04. The van der Waals surface area contributed by atoms with Crippen molar-refractivity contribution in [3.8, 4) is 0 Å². The van der Waals surface area contributed by atoms with Gasteiger partial charge in [0.1, 0.15) is 5.82 Å². The molecule has 1 aromatic heterocycles. The van der Waals surface area contributed by atoms with Gasteiger partial charge in [0.25, 0.3) is 0 Å². The Bertz CT molecular complexity index is 374. The molecule has 0 spiro atoms. The average molecular weight is 219 g/mol. The van der Waals surface area contributed by atoms with Crippen molar-refractivity contribution in [1.82, 2.24) is 4.98 Å². The summed E-state index contributed by atoms with van der Waals surface area (Å²) in [5, 5.41) is 2.84. The predicted molar refractivity (Wildman–Crippen MR) is 63.8 cm³/mol. The van der Waals surface area contributed by atoms with Crippen molar-refractivity contribution in [3.63, 3.8) is 0 Å². The molecule has 2 rings (SSSR count). The monoisotopic (exact) mass is 219 g/mol. The number of aromatic nitrogens is 1. The molecule has 2 unspecified atom stereocenters. The topological polar surface area (TPSA) is 68.0 Å². The molecule has 2 atom stereocenters. The molecular formula is C12H17N3O. The standard InChI is InChI=1S/C12H17N3O/c1-8-3-2-4-10(8)12(16)15-11-6-5-9(13)7-14-11/h5-8,10H,2-4,13H2,1H3,(H,14,15,16). The smallest absolute Gasteiger partial charge is 0.228 e. The van der Waals surface area contributed by atoms with Crippen LogP contribution in [-0.2, 0) is 4.79 Å². The van der Waals surface area contributed by atoms with E-state index in [0.29, 0.717) is 17.4 Å². The van der Waals surface area contributed by atoms with Crippen LogP contribution in [0.25, 0.3) is 0 Å². The van der Waals surface area contributed by atoms with Crippen molar-refractivity contribution in [3.05, 3.63) is 18.3 Å². The number of pyridine rings is 1. The van der Waals surface area contributed by atoms with Gasteiger partial charge in [0.2, 0.25) is 5.91 Å². The van der Waals surface area contributed by atoms with E-state index < -0.39 is 0 Å². The van der Waals surface area contributed by atoms with E-state index in [-0.39, 0.29) is 11.8 Å². The lowest BCUT2D eigenvalue weighted by atomic mass is 9.97. The summed E-state index contributed by atoms with van der Waals surface area (Å²) >= 11 is 0. The molecule has 1 aliphatic rings. The SMILES string of the molecule is CC1CCCC1C(=O)Nc1ccc(N)cn1. The first-order chi connectivity index (χ1) is 7.66. The minimum Gasteiger partial charge on any atom is -0.397 e. The maximum atomic E-state index is 11.9. The molecule has 0 saturated heterocycles. The second kappa shape index (κ2) is 4.51. The molecule has 1 heterocycles. The zero-order valence-electron chi connectivity index (χ0n) is 9.44. The first-order valence-electron chi connectivity index (χ1n) is 5.69. The first-order valence-corrected chi connectivity index (χ1v) is 5.69. The minimum atomic E-state index is 0.0854. The fraction of sp³-hybridized carbons (Fsp3) is 0.500. The number of amides is 1.